The summed E-state index contributed by atoms with van der Waals surface area (Å²) in [6.45, 7) is 4.49. The predicted molar refractivity (Wildman–Crippen MR) is 120 cm³/mol. The van der Waals surface area contributed by atoms with Crippen molar-refractivity contribution >= 4 is 35.0 Å². The fourth-order valence-electron chi connectivity index (χ4n) is 3.77. The average Bonchev–Trinajstić information content (AvgIpc) is 3.11. The molecule has 4 rings (SSSR count). The van der Waals surface area contributed by atoms with E-state index < -0.39 is 5.54 Å². The molecule has 0 saturated carbocycles. The molecule has 1 N–H and O–H groups in total. The van der Waals surface area contributed by atoms with Gasteiger partial charge in [-0.3, -0.25) is 14.3 Å². The van der Waals surface area contributed by atoms with Crippen molar-refractivity contribution in [2.24, 2.45) is 0 Å². The van der Waals surface area contributed by atoms with Crippen LogP contribution < -0.4 is 5.32 Å². The molecular weight excluding hydrogens is 435 g/mol. The molecule has 0 fully saturated rings. The molecule has 0 bridgehead atoms. The van der Waals surface area contributed by atoms with E-state index in [1.54, 1.807) is 46.8 Å². The van der Waals surface area contributed by atoms with E-state index in [1.165, 1.54) is 0 Å². The van der Waals surface area contributed by atoms with Crippen molar-refractivity contribution in [3.05, 3.63) is 87.2 Å². The first-order valence-electron chi connectivity index (χ1n) is 9.90. The van der Waals surface area contributed by atoms with E-state index in [0.717, 1.165) is 16.8 Å². The molecule has 0 radical (unpaired) electrons. The number of hydrogen-bond donors (Lipinski definition) is 1. The second-order valence-corrected chi connectivity index (χ2v) is 8.80. The van der Waals surface area contributed by atoms with Crippen molar-refractivity contribution in [2.75, 3.05) is 0 Å². The minimum absolute atomic E-state index is 0.231. The first kappa shape index (κ1) is 21.4. The van der Waals surface area contributed by atoms with Gasteiger partial charge >= 0.3 is 0 Å². The minimum Gasteiger partial charge on any atom is -0.350 e. The molecule has 1 aromatic heterocycles. The Balaban J connectivity index is 1.63. The molecule has 8 heteroatoms. The number of nitrogens with one attached hydrogen (secondary N) is 1. The lowest BCUT2D eigenvalue weighted by Crippen LogP contribution is -2.63. The normalized spacial score (nSPS) is 18.1. The monoisotopic (exact) mass is 456 g/mol. The number of halogens is 2. The maximum Gasteiger partial charge on any atom is 0.273 e. The third-order valence-corrected chi connectivity index (χ3v) is 6.03. The zero-order valence-corrected chi connectivity index (χ0v) is 18.7. The molecule has 31 heavy (non-hydrogen) atoms. The summed E-state index contributed by atoms with van der Waals surface area (Å²) in [5.41, 5.74) is 1.91. The van der Waals surface area contributed by atoms with Crippen LogP contribution in [-0.2, 0) is 24.4 Å². The van der Waals surface area contributed by atoms with Crippen molar-refractivity contribution in [3.8, 4) is 0 Å². The highest BCUT2D eigenvalue weighted by Crippen LogP contribution is 2.29. The number of nitrogens with zero attached hydrogens (tertiary/aromatic N) is 3. The Labute approximate surface area is 190 Å². The van der Waals surface area contributed by atoms with Crippen LogP contribution in [0.5, 0.6) is 0 Å². The van der Waals surface area contributed by atoms with E-state index in [0.29, 0.717) is 22.3 Å². The van der Waals surface area contributed by atoms with Gasteiger partial charge in [-0.2, -0.15) is 5.10 Å². The Morgan fingerprint density at radius 3 is 2.26 bits per heavy atom. The smallest absolute Gasteiger partial charge is 0.273 e. The maximum absolute atomic E-state index is 13.4. The number of hydrogen-bond acceptors (Lipinski definition) is 3. The van der Waals surface area contributed by atoms with Crippen molar-refractivity contribution in [3.63, 3.8) is 0 Å². The number of fused-ring (bicyclic) bond motifs is 1. The first-order valence-corrected chi connectivity index (χ1v) is 10.7. The highest BCUT2D eigenvalue weighted by molar-refractivity contribution is 6.30. The van der Waals surface area contributed by atoms with Crippen LogP contribution in [0.4, 0.5) is 0 Å². The molecule has 3 aromatic rings. The van der Waals surface area contributed by atoms with Gasteiger partial charge in [0.1, 0.15) is 11.2 Å². The molecule has 2 heterocycles. The van der Waals surface area contributed by atoms with Crippen LogP contribution in [0.1, 0.15) is 34.2 Å². The van der Waals surface area contributed by atoms with Gasteiger partial charge in [0, 0.05) is 23.1 Å². The summed E-state index contributed by atoms with van der Waals surface area (Å²) in [6, 6.07) is 16.3. The molecule has 0 spiro atoms. The fraction of sp³-hybridized carbons (Fsp3) is 0.261. The van der Waals surface area contributed by atoms with E-state index in [9.17, 15) is 9.59 Å². The molecule has 2 amide bonds. The number of carbonyl (C=O) groups is 2. The third-order valence-electron chi connectivity index (χ3n) is 5.53. The summed E-state index contributed by atoms with van der Waals surface area (Å²) in [6.07, 6.45) is 0. The first-order chi connectivity index (χ1) is 14.8. The molecule has 0 unspecified atom stereocenters. The number of benzene rings is 2. The minimum atomic E-state index is -1.12. The lowest BCUT2D eigenvalue weighted by atomic mass is 9.94. The van der Waals surface area contributed by atoms with Gasteiger partial charge in [0.2, 0.25) is 5.91 Å². The number of aromatic nitrogens is 2. The Hall–Kier alpha value is -2.83. The summed E-state index contributed by atoms with van der Waals surface area (Å²) in [5.74, 6) is -0.477. The largest absolute Gasteiger partial charge is 0.350 e. The molecule has 160 valence electrons. The SMILES string of the molecule is Cc1cc2n(n1)C[C@@](C)(C(=O)NCc1ccc(Cl)cc1)N(Cc1ccc(Cl)cc1)C2=O. The van der Waals surface area contributed by atoms with Crippen LogP contribution in [0.15, 0.2) is 54.6 Å². The molecule has 0 aliphatic carbocycles. The molecule has 1 aliphatic heterocycles. The Morgan fingerprint density at radius 2 is 1.65 bits per heavy atom. The number of amides is 2. The predicted octanol–water partition coefficient (Wildman–Crippen LogP) is 4.23. The summed E-state index contributed by atoms with van der Waals surface area (Å²) < 4.78 is 1.62. The van der Waals surface area contributed by atoms with E-state index in [2.05, 4.69) is 10.4 Å². The summed E-state index contributed by atoms with van der Waals surface area (Å²) in [5, 5.41) is 8.64. The van der Waals surface area contributed by atoms with Gasteiger partial charge < -0.3 is 10.2 Å². The van der Waals surface area contributed by atoms with Gasteiger partial charge in [0.05, 0.1) is 12.2 Å². The fourth-order valence-corrected chi connectivity index (χ4v) is 4.02. The van der Waals surface area contributed by atoms with Crippen molar-refractivity contribution in [1.82, 2.24) is 20.0 Å². The summed E-state index contributed by atoms with van der Waals surface area (Å²) >= 11 is 11.9. The zero-order chi connectivity index (χ0) is 22.2. The quantitative estimate of drug-likeness (QED) is 0.624. The average molecular weight is 457 g/mol. The van der Waals surface area contributed by atoms with Gasteiger partial charge in [-0.1, -0.05) is 47.5 Å². The highest BCUT2D eigenvalue weighted by atomic mass is 35.5. The van der Waals surface area contributed by atoms with E-state index in [-0.39, 0.29) is 24.9 Å². The van der Waals surface area contributed by atoms with Gasteiger partial charge in [0.25, 0.3) is 5.91 Å². The number of aryl methyl sites for hydroxylation is 1. The van der Waals surface area contributed by atoms with Crippen LogP contribution in [0, 0.1) is 6.92 Å². The maximum atomic E-state index is 13.4. The number of carbonyl (C=O) groups excluding carboxylic acids is 2. The molecule has 1 atom stereocenters. The van der Waals surface area contributed by atoms with Gasteiger partial charge in [0.15, 0.2) is 0 Å². The van der Waals surface area contributed by atoms with Crippen LogP contribution in [0.25, 0.3) is 0 Å². The third kappa shape index (κ3) is 4.31. The standard InChI is InChI=1S/C23H22Cl2N4O2/c1-15-11-20-21(30)28(13-17-5-9-19(25)10-6-17)23(2,14-29(20)27-15)22(31)26-12-16-3-7-18(24)8-4-16/h3-11H,12-14H2,1-2H3,(H,26,31)/t23-/m0/s1. The second kappa shape index (κ2) is 8.36. The molecule has 6 nitrogen and oxygen atoms in total. The van der Waals surface area contributed by atoms with Crippen molar-refractivity contribution in [2.45, 2.75) is 39.0 Å². The zero-order valence-electron chi connectivity index (χ0n) is 17.2. The molecule has 2 aromatic carbocycles. The van der Waals surface area contributed by atoms with Crippen LogP contribution in [0.3, 0.4) is 0 Å². The van der Waals surface area contributed by atoms with E-state index in [4.69, 9.17) is 23.2 Å². The highest BCUT2D eigenvalue weighted by Gasteiger charge is 2.47. The lowest BCUT2D eigenvalue weighted by molar-refractivity contribution is -0.133. The van der Waals surface area contributed by atoms with Crippen LogP contribution in [0.2, 0.25) is 10.0 Å². The topological polar surface area (TPSA) is 67.2 Å². The Kier molecular flexibility index (Phi) is 5.77. The Bertz CT molecular complexity index is 1130. The van der Waals surface area contributed by atoms with Crippen molar-refractivity contribution < 1.29 is 9.59 Å². The van der Waals surface area contributed by atoms with Gasteiger partial charge in [-0.05, 0) is 55.3 Å². The van der Waals surface area contributed by atoms with Gasteiger partial charge in [-0.15, -0.1) is 0 Å². The van der Waals surface area contributed by atoms with Crippen LogP contribution in [-0.4, -0.2) is 32.0 Å². The van der Waals surface area contributed by atoms with E-state index in [1.807, 2.05) is 31.2 Å². The molecular formula is C23H22Cl2N4O2. The summed E-state index contributed by atoms with van der Waals surface area (Å²) in [4.78, 5) is 28.4. The number of rotatable bonds is 5. The summed E-state index contributed by atoms with van der Waals surface area (Å²) in [7, 11) is 0. The van der Waals surface area contributed by atoms with E-state index >= 15 is 0 Å². The lowest BCUT2D eigenvalue weighted by Gasteiger charge is -2.43. The van der Waals surface area contributed by atoms with Crippen LogP contribution >= 0.6 is 23.2 Å². The molecule has 1 aliphatic rings. The van der Waals surface area contributed by atoms with Crippen molar-refractivity contribution in [1.29, 1.82) is 0 Å². The second-order valence-electron chi connectivity index (χ2n) is 7.93. The van der Waals surface area contributed by atoms with Gasteiger partial charge in [-0.25, -0.2) is 0 Å². The molecule has 0 saturated heterocycles. The Morgan fingerprint density at radius 1 is 1.06 bits per heavy atom.